The van der Waals surface area contributed by atoms with Crippen LogP contribution in [0.4, 0.5) is 0 Å². The molecule has 4 aromatic rings. The molecule has 0 N–H and O–H groups in total. The molecular formula is C22H16Cl2N4O2S. The van der Waals surface area contributed by atoms with E-state index < -0.39 is 5.97 Å². The summed E-state index contributed by atoms with van der Waals surface area (Å²) in [6, 6.07) is 21.8. The summed E-state index contributed by atoms with van der Waals surface area (Å²) in [5, 5.41) is 13.7. The molecule has 0 aliphatic carbocycles. The lowest BCUT2D eigenvalue weighted by molar-refractivity contribution is 0.0473. The largest absolute Gasteiger partial charge is 0.457 e. The van der Waals surface area contributed by atoms with Crippen molar-refractivity contribution >= 4 is 40.9 Å². The second-order valence-corrected chi connectivity index (χ2v) is 8.23. The molecule has 156 valence electrons. The highest BCUT2D eigenvalue weighted by Crippen LogP contribution is 2.26. The van der Waals surface area contributed by atoms with Gasteiger partial charge in [-0.2, -0.15) is 4.68 Å². The topological polar surface area (TPSA) is 69.9 Å². The van der Waals surface area contributed by atoms with Crippen LogP contribution in [-0.4, -0.2) is 26.2 Å². The maximum atomic E-state index is 12.5. The third-order valence-corrected chi connectivity index (χ3v) is 6.10. The standard InChI is InChI=1S/C22H16Cl2N4O2S/c23-19-10-3-1-6-16(19)13-30-21(29)15-8-5-9-18(12-15)28-22(25-26-27-28)31-14-17-7-2-4-11-20(17)24/h1-12H,13-14H2. The summed E-state index contributed by atoms with van der Waals surface area (Å²) in [5.41, 5.74) is 2.77. The Morgan fingerprint density at radius 1 is 0.935 bits per heavy atom. The number of hydrogen-bond acceptors (Lipinski definition) is 6. The number of rotatable bonds is 7. The van der Waals surface area contributed by atoms with Gasteiger partial charge in [-0.15, -0.1) is 5.10 Å². The highest BCUT2D eigenvalue weighted by Gasteiger charge is 2.14. The van der Waals surface area contributed by atoms with Crippen LogP contribution in [0.2, 0.25) is 10.0 Å². The van der Waals surface area contributed by atoms with Crippen molar-refractivity contribution in [3.05, 3.63) is 99.5 Å². The summed E-state index contributed by atoms with van der Waals surface area (Å²) < 4.78 is 6.99. The van der Waals surface area contributed by atoms with Gasteiger partial charge in [-0.1, -0.05) is 77.4 Å². The molecule has 0 aliphatic rings. The average Bonchev–Trinajstić information content (AvgIpc) is 3.26. The molecular weight excluding hydrogens is 455 g/mol. The molecule has 1 heterocycles. The van der Waals surface area contributed by atoms with E-state index >= 15 is 0 Å². The number of carbonyl (C=O) groups excluding carboxylic acids is 1. The molecule has 0 amide bonds. The fourth-order valence-electron chi connectivity index (χ4n) is 2.80. The van der Waals surface area contributed by atoms with Crippen molar-refractivity contribution in [3.8, 4) is 5.69 Å². The molecule has 6 nitrogen and oxygen atoms in total. The Bertz CT molecular complexity index is 1220. The highest BCUT2D eigenvalue weighted by atomic mass is 35.5. The van der Waals surface area contributed by atoms with Crippen LogP contribution in [0.5, 0.6) is 0 Å². The van der Waals surface area contributed by atoms with Crippen LogP contribution in [0.25, 0.3) is 5.69 Å². The molecule has 31 heavy (non-hydrogen) atoms. The van der Waals surface area contributed by atoms with E-state index in [-0.39, 0.29) is 6.61 Å². The normalized spacial score (nSPS) is 10.8. The zero-order valence-corrected chi connectivity index (χ0v) is 18.4. The summed E-state index contributed by atoms with van der Waals surface area (Å²) in [7, 11) is 0. The van der Waals surface area contributed by atoms with Gasteiger partial charge in [0.1, 0.15) is 6.61 Å². The number of halogens is 2. The maximum absolute atomic E-state index is 12.5. The minimum atomic E-state index is -0.458. The number of carbonyl (C=O) groups is 1. The molecule has 0 radical (unpaired) electrons. The summed E-state index contributed by atoms with van der Waals surface area (Å²) >= 11 is 13.8. The number of tetrazole rings is 1. The van der Waals surface area contributed by atoms with Crippen LogP contribution in [0.3, 0.4) is 0 Å². The Hall–Kier alpha value is -2.87. The summed E-state index contributed by atoms with van der Waals surface area (Å²) in [6.07, 6.45) is 0. The minimum absolute atomic E-state index is 0.0898. The zero-order valence-electron chi connectivity index (χ0n) is 16.1. The van der Waals surface area contributed by atoms with E-state index in [1.807, 2.05) is 48.5 Å². The van der Waals surface area contributed by atoms with Crippen molar-refractivity contribution in [3.63, 3.8) is 0 Å². The number of nitrogens with zero attached hydrogens (tertiary/aromatic N) is 4. The molecule has 4 rings (SSSR count). The van der Waals surface area contributed by atoms with Crippen LogP contribution < -0.4 is 0 Å². The predicted molar refractivity (Wildman–Crippen MR) is 121 cm³/mol. The van der Waals surface area contributed by atoms with Gasteiger partial charge in [-0.25, -0.2) is 4.79 Å². The first-order valence-corrected chi connectivity index (χ1v) is 11.0. The Balaban J connectivity index is 1.47. The lowest BCUT2D eigenvalue weighted by atomic mass is 10.2. The smallest absolute Gasteiger partial charge is 0.338 e. The number of thioether (sulfide) groups is 1. The Kier molecular flexibility index (Phi) is 6.86. The molecule has 1 aromatic heterocycles. The minimum Gasteiger partial charge on any atom is -0.457 e. The monoisotopic (exact) mass is 470 g/mol. The average molecular weight is 471 g/mol. The van der Waals surface area contributed by atoms with Crippen LogP contribution in [-0.2, 0) is 17.1 Å². The number of hydrogen-bond donors (Lipinski definition) is 0. The number of esters is 1. The van der Waals surface area contributed by atoms with Crippen molar-refractivity contribution < 1.29 is 9.53 Å². The number of aromatic nitrogens is 4. The molecule has 0 fully saturated rings. The quantitative estimate of drug-likeness (QED) is 0.258. The summed E-state index contributed by atoms with van der Waals surface area (Å²) in [6.45, 7) is 0.0898. The Morgan fingerprint density at radius 3 is 2.39 bits per heavy atom. The molecule has 0 saturated carbocycles. The Morgan fingerprint density at radius 2 is 1.65 bits per heavy atom. The summed E-state index contributed by atoms with van der Waals surface area (Å²) in [4.78, 5) is 12.5. The maximum Gasteiger partial charge on any atom is 0.338 e. The Labute approximate surface area is 193 Å². The molecule has 0 bridgehead atoms. The molecule has 0 aliphatic heterocycles. The molecule has 0 unspecified atom stereocenters. The fourth-order valence-corrected chi connectivity index (χ4v) is 4.16. The lowest BCUT2D eigenvalue weighted by Gasteiger charge is -2.09. The molecule has 0 spiro atoms. The van der Waals surface area contributed by atoms with Crippen molar-refractivity contribution in [2.75, 3.05) is 0 Å². The van der Waals surface area contributed by atoms with E-state index in [2.05, 4.69) is 15.5 Å². The summed E-state index contributed by atoms with van der Waals surface area (Å²) in [5.74, 6) is 0.153. The van der Waals surface area contributed by atoms with Gasteiger partial charge < -0.3 is 4.74 Å². The van der Waals surface area contributed by atoms with Crippen molar-refractivity contribution in [2.24, 2.45) is 0 Å². The van der Waals surface area contributed by atoms with E-state index in [9.17, 15) is 4.79 Å². The second kappa shape index (κ2) is 9.96. The molecule has 0 atom stereocenters. The molecule has 9 heteroatoms. The SMILES string of the molecule is O=C(OCc1ccccc1Cl)c1cccc(-n2nnnc2SCc2ccccc2Cl)c1. The lowest BCUT2D eigenvalue weighted by Crippen LogP contribution is -2.07. The third-order valence-electron chi connectivity index (χ3n) is 4.40. The van der Waals surface area contributed by atoms with E-state index in [0.717, 1.165) is 11.1 Å². The fraction of sp³-hybridized carbons (Fsp3) is 0.0909. The molecule has 0 saturated heterocycles. The van der Waals surface area contributed by atoms with E-state index in [0.29, 0.717) is 32.2 Å². The first kappa shape index (κ1) is 21.4. The van der Waals surface area contributed by atoms with Crippen molar-refractivity contribution in [2.45, 2.75) is 17.5 Å². The third kappa shape index (κ3) is 5.25. The van der Waals surface area contributed by atoms with E-state index in [1.165, 1.54) is 11.8 Å². The van der Waals surface area contributed by atoms with Crippen molar-refractivity contribution in [1.29, 1.82) is 0 Å². The van der Waals surface area contributed by atoms with Crippen LogP contribution >= 0.6 is 35.0 Å². The first-order chi connectivity index (χ1) is 15.1. The number of benzene rings is 3. The van der Waals surface area contributed by atoms with Crippen molar-refractivity contribution in [1.82, 2.24) is 20.2 Å². The van der Waals surface area contributed by atoms with Gasteiger partial charge in [-0.3, -0.25) is 0 Å². The first-order valence-electron chi connectivity index (χ1n) is 9.27. The van der Waals surface area contributed by atoms with Gasteiger partial charge in [0.05, 0.1) is 11.3 Å². The van der Waals surface area contributed by atoms with Gasteiger partial charge in [0, 0.05) is 21.4 Å². The highest BCUT2D eigenvalue weighted by molar-refractivity contribution is 7.98. The van der Waals surface area contributed by atoms with E-state index in [1.54, 1.807) is 28.9 Å². The molecule has 3 aromatic carbocycles. The number of ether oxygens (including phenoxy) is 1. The van der Waals surface area contributed by atoms with Crippen LogP contribution in [0.1, 0.15) is 21.5 Å². The van der Waals surface area contributed by atoms with Gasteiger partial charge in [-0.05, 0) is 46.3 Å². The predicted octanol–water partition coefficient (Wildman–Crippen LogP) is 5.62. The van der Waals surface area contributed by atoms with Crippen LogP contribution in [0, 0.1) is 0 Å². The van der Waals surface area contributed by atoms with Gasteiger partial charge in [0.25, 0.3) is 0 Å². The van der Waals surface area contributed by atoms with E-state index in [4.69, 9.17) is 27.9 Å². The van der Waals surface area contributed by atoms with Crippen LogP contribution in [0.15, 0.2) is 78.0 Å². The second-order valence-electron chi connectivity index (χ2n) is 6.47. The van der Waals surface area contributed by atoms with Gasteiger partial charge in [0.2, 0.25) is 5.16 Å². The van der Waals surface area contributed by atoms with Gasteiger partial charge >= 0.3 is 5.97 Å². The van der Waals surface area contributed by atoms with Gasteiger partial charge in [0.15, 0.2) is 0 Å². The zero-order chi connectivity index (χ0) is 21.6.